The molecule has 0 saturated carbocycles. The number of para-hydroxylation sites is 1. The van der Waals surface area contributed by atoms with E-state index in [4.69, 9.17) is 0 Å². The first-order chi connectivity index (χ1) is 8.88. The minimum Gasteiger partial charge on any atom is -0.379 e. The zero-order valence-corrected chi connectivity index (χ0v) is 11.9. The lowest BCUT2D eigenvalue weighted by molar-refractivity contribution is -0.132. The largest absolute Gasteiger partial charge is 0.379 e. The highest BCUT2D eigenvalue weighted by atomic mass is 32.2. The lowest BCUT2D eigenvalue weighted by Crippen LogP contribution is -2.43. The third kappa shape index (κ3) is 3.26. The van der Waals surface area contributed by atoms with Crippen LogP contribution in [0.25, 0.3) is 0 Å². The number of likely N-dealkylation sites (N-methyl/N-ethyl adjacent to an activating group) is 1. The van der Waals surface area contributed by atoms with Crippen LogP contribution in [0, 0.1) is 0 Å². The molecule has 0 spiro atoms. The number of hydrogen-bond acceptors (Lipinski definition) is 4. The van der Waals surface area contributed by atoms with Gasteiger partial charge in [-0.05, 0) is 18.6 Å². The van der Waals surface area contributed by atoms with Crippen LogP contribution in [-0.2, 0) is 14.6 Å². The third-order valence-corrected chi connectivity index (χ3v) is 4.43. The van der Waals surface area contributed by atoms with Gasteiger partial charge in [-0.2, -0.15) is 0 Å². The van der Waals surface area contributed by atoms with Gasteiger partial charge in [-0.25, -0.2) is 8.42 Å². The van der Waals surface area contributed by atoms with Gasteiger partial charge in [0.1, 0.15) is 0 Å². The third-order valence-electron chi connectivity index (χ3n) is 3.27. The second kappa shape index (κ2) is 5.21. The number of nitrogens with zero attached hydrogens (tertiary/aromatic N) is 1. The molecule has 1 N–H and O–H groups in total. The Labute approximate surface area is 113 Å². The number of anilines is 1. The Morgan fingerprint density at radius 1 is 1.32 bits per heavy atom. The Kier molecular flexibility index (Phi) is 3.80. The first-order valence-corrected chi connectivity index (χ1v) is 8.06. The normalized spacial score (nSPS) is 20.4. The summed E-state index contributed by atoms with van der Waals surface area (Å²) in [6.45, 7) is 0.594. The molecule has 6 heteroatoms. The van der Waals surface area contributed by atoms with E-state index < -0.39 is 9.84 Å². The molecule has 1 saturated heterocycles. The summed E-state index contributed by atoms with van der Waals surface area (Å²) >= 11 is 0. The van der Waals surface area contributed by atoms with Gasteiger partial charge in [0.15, 0.2) is 9.84 Å². The topological polar surface area (TPSA) is 66.5 Å². The average Bonchev–Trinajstić information content (AvgIpc) is 2.33. The highest BCUT2D eigenvalue weighted by molar-refractivity contribution is 7.90. The van der Waals surface area contributed by atoms with Crippen molar-refractivity contribution in [3.05, 3.63) is 24.3 Å². The van der Waals surface area contributed by atoms with E-state index in [0.29, 0.717) is 23.5 Å². The molecule has 5 nitrogen and oxygen atoms in total. The van der Waals surface area contributed by atoms with E-state index >= 15 is 0 Å². The van der Waals surface area contributed by atoms with E-state index in [-0.39, 0.29) is 11.9 Å². The maximum atomic E-state index is 11.7. The van der Waals surface area contributed by atoms with Gasteiger partial charge in [-0.1, -0.05) is 12.1 Å². The zero-order valence-electron chi connectivity index (χ0n) is 11.1. The van der Waals surface area contributed by atoms with Gasteiger partial charge in [0.25, 0.3) is 0 Å². The van der Waals surface area contributed by atoms with E-state index in [0.717, 1.165) is 6.42 Å². The number of hydrogen-bond donors (Lipinski definition) is 1. The fourth-order valence-corrected chi connectivity index (χ4v) is 3.11. The molecule has 1 aromatic carbocycles. The van der Waals surface area contributed by atoms with Gasteiger partial charge in [0.05, 0.1) is 10.6 Å². The smallest absolute Gasteiger partial charge is 0.222 e. The van der Waals surface area contributed by atoms with E-state index in [1.54, 1.807) is 36.2 Å². The number of carbonyl (C=O) groups is 1. The zero-order chi connectivity index (χ0) is 14.0. The molecule has 1 heterocycles. The first kappa shape index (κ1) is 13.9. The maximum absolute atomic E-state index is 11.7. The van der Waals surface area contributed by atoms with Gasteiger partial charge in [0.2, 0.25) is 5.91 Å². The summed E-state index contributed by atoms with van der Waals surface area (Å²) in [6.07, 6.45) is 2.42. The summed E-state index contributed by atoms with van der Waals surface area (Å²) in [7, 11) is -1.49. The Morgan fingerprint density at radius 2 is 2.00 bits per heavy atom. The van der Waals surface area contributed by atoms with E-state index in [1.807, 2.05) is 0 Å². The molecule has 104 valence electrons. The monoisotopic (exact) mass is 282 g/mol. The van der Waals surface area contributed by atoms with Crippen molar-refractivity contribution < 1.29 is 13.2 Å². The van der Waals surface area contributed by atoms with Crippen molar-refractivity contribution in [3.8, 4) is 0 Å². The van der Waals surface area contributed by atoms with E-state index in [9.17, 15) is 13.2 Å². The SMILES string of the molecule is CN1CC(Nc2ccccc2S(C)(=O)=O)CCC1=O. The highest BCUT2D eigenvalue weighted by Crippen LogP contribution is 2.23. The summed E-state index contributed by atoms with van der Waals surface area (Å²) < 4.78 is 23.4. The molecule has 0 aromatic heterocycles. The second-order valence-electron chi connectivity index (χ2n) is 4.92. The van der Waals surface area contributed by atoms with Crippen LogP contribution in [-0.4, -0.2) is 45.1 Å². The highest BCUT2D eigenvalue weighted by Gasteiger charge is 2.24. The van der Waals surface area contributed by atoms with Gasteiger partial charge in [-0.15, -0.1) is 0 Å². The number of likely N-dealkylation sites (tertiary alicyclic amines) is 1. The molecule has 1 aliphatic rings. The van der Waals surface area contributed by atoms with Crippen molar-refractivity contribution in [3.63, 3.8) is 0 Å². The molecule has 0 bridgehead atoms. The molecule has 1 aliphatic heterocycles. The van der Waals surface area contributed by atoms with Gasteiger partial charge in [0, 0.05) is 32.3 Å². The Balaban J connectivity index is 2.18. The van der Waals surface area contributed by atoms with Crippen molar-refractivity contribution in [2.45, 2.75) is 23.8 Å². The molecule has 2 rings (SSSR count). The Bertz CT molecular complexity index is 583. The maximum Gasteiger partial charge on any atom is 0.222 e. The summed E-state index contributed by atoms with van der Waals surface area (Å²) in [5.41, 5.74) is 0.609. The summed E-state index contributed by atoms with van der Waals surface area (Å²) in [5.74, 6) is 0.134. The molecule has 1 atom stereocenters. The Hall–Kier alpha value is -1.56. The molecule has 1 unspecified atom stereocenters. The summed E-state index contributed by atoms with van der Waals surface area (Å²) in [6, 6.07) is 6.94. The van der Waals surface area contributed by atoms with Crippen molar-refractivity contribution in [1.29, 1.82) is 0 Å². The number of benzene rings is 1. The van der Waals surface area contributed by atoms with Gasteiger partial charge < -0.3 is 10.2 Å². The molecule has 19 heavy (non-hydrogen) atoms. The number of rotatable bonds is 3. The van der Waals surface area contributed by atoms with Gasteiger partial charge in [-0.3, -0.25) is 4.79 Å². The van der Waals surface area contributed by atoms with Crippen LogP contribution in [0.4, 0.5) is 5.69 Å². The summed E-state index contributed by atoms with van der Waals surface area (Å²) in [4.78, 5) is 13.4. The van der Waals surface area contributed by atoms with Crippen molar-refractivity contribution in [1.82, 2.24) is 4.90 Å². The van der Waals surface area contributed by atoms with Crippen LogP contribution in [0.1, 0.15) is 12.8 Å². The molecule has 1 fully saturated rings. The molecule has 1 aromatic rings. The van der Waals surface area contributed by atoms with Crippen LogP contribution in [0.2, 0.25) is 0 Å². The fourth-order valence-electron chi connectivity index (χ4n) is 2.26. The number of piperidine rings is 1. The number of carbonyl (C=O) groups excluding carboxylic acids is 1. The van der Waals surface area contributed by atoms with Crippen LogP contribution in [0.15, 0.2) is 29.2 Å². The predicted octanol–water partition coefficient (Wildman–Crippen LogP) is 1.12. The summed E-state index contributed by atoms with van der Waals surface area (Å²) in [5, 5.41) is 3.23. The van der Waals surface area contributed by atoms with Crippen LogP contribution < -0.4 is 5.32 Å². The predicted molar refractivity (Wildman–Crippen MR) is 73.8 cm³/mol. The lowest BCUT2D eigenvalue weighted by Gasteiger charge is -2.31. The average molecular weight is 282 g/mol. The van der Waals surface area contributed by atoms with Crippen molar-refractivity contribution in [2.75, 3.05) is 25.2 Å². The Morgan fingerprint density at radius 3 is 2.63 bits per heavy atom. The van der Waals surface area contributed by atoms with Gasteiger partial charge >= 0.3 is 0 Å². The molecular formula is C13H18N2O3S. The molecule has 1 amide bonds. The standard InChI is InChI=1S/C13H18N2O3S/c1-15-9-10(7-8-13(15)16)14-11-5-3-4-6-12(11)19(2,17)18/h3-6,10,14H,7-9H2,1-2H3. The van der Waals surface area contributed by atoms with E-state index in [1.165, 1.54) is 6.26 Å². The molecule has 0 radical (unpaired) electrons. The number of nitrogens with one attached hydrogen (secondary N) is 1. The van der Waals surface area contributed by atoms with Crippen LogP contribution in [0.3, 0.4) is 0 Å². The van der Waals surface area contributed by atoms with Crippen molar-refractivity contribution in [2.24, 2.45) is 0 Å². The van der Waals surface area contributed by atoms with E-state index in [2.05, 4.69) is 5.32 Å². The lowest BCUT2D eigenvalue weighted by atomic mass is 10.1. The number of amides is 1. The minimum atomic E-state index is -3.25. The molecular weight excluding hydrogens is 264 g/mol. The quantitative estimate of drug-likeness (QED) is 0.902. The second-order valence-corrected chi connectivity index (χ2v) is 6.91. The molecule has 0 aliphatic carbocycles. The minimum absolute atomic E-state index is 0.0885. The fraction of sp³-hybridized carbons (Fsp3) is 0.462. The van der Waals surface area contributed by atoms with Crippen LogP contribution >= 0.6 is 0 Å². The van der Waals surface area contributed by atoms with Crippen LogP contribution in [0.5, 0.6) is 0 Å². The van der Waals surface area contributed by atoms with Crippen molar-refractivity contribution >= 4 is 21.4 Å². The first-order valence-electron chi connectivity index (χ1n) is 6.17. The number of sulfone groups is 1.